The molecule has 0 bridgehead atoms. The molecule has 0 N–H and O–H groups in total. The molecule has 2 aromatic rings. The summed E-state index contributed by atoms with van der Waals surface area (Å²) in [7, 11) is 1.33. The Hall–Kier alpha value is -2.12. The van der Waals surface area contributed by atoms with Gasteiger partial charge in [-0.1, -0.05) is 23.2 Å². The number of ketones is 1. The molecule has 0 aliphatic rings. The maximum Gasteiger partial charge on any atom is 0.307 e. The van der Waals surface area contributed by atoms with Crippen LogP contribution in [0.1, 0.15) is 28.2 Å². The summed E-state index contributed by atoms with van der Waals surface area (Å²) >= 11 is 11.5. The first kappa shape index (κ1) is 19.2. The molecule has 2 rings (SSSR count). The van der Waals surface area contributed by atoms with Gasteiger partial charge < -0.3 is 9.30 Å². The van der Waals surface area contributed by atoms with E-state index in [0.717, 1.165) is 10.4 Å². The lowest BCUT2D eigenvalue weighted by Crippen LogP contribution is -2.27. The van der Waals surface area contributed by atoms with Crippen molar-refractivity contribution in [3.8, 4) is 0 Å². The molecule has 0 fully saturated rings. The maximum absolute atomic E-state index is 12.6. The minimum absolute atomic E-state index is 0.0383. The summed E-state index contributed by atoms with van der Waals surface area (Å²) in [6.07, 6.45) is 1.42. The minimum atomic E-state index is -0.623. The molecule has 0 aliphatic heterocycles. The van der Waals surface area contributed by atoms with Crippen molar-refractivity contribution in [1.82, 2.24) is 14.3 Å². The first-order chi connectivity index (χ1) is 11.8. The fourth-order valence-corrected chi connectivity index (χ4v) is 2.78. The third kappa shape index (κ3) is 4.11. The van der Waals surface area contributed by atoms with E-state index in [4.69, 9.17) is 23.2 Å². The van der Waals surface area contributed by atoms with Gasteiger partial charge in [-0.25, -0.2) is 4.68 Å². The second kappa shape index (κ2) is 7.84. The largest absolute Gasteiger partial charge is 0.469 e. The summed E-state index contributed by atoms with van der Waals surface area (Å²) in [5.41, 5.74) is 1.38. The predicted octanol–water partition coefficient (Wildman–Crippen LogP) is 2.41. The van der Waals surface area contributed by atoms with Crippen molar-refractivity contribution < 1.29 is 14.3 Å². The number of carbonyl (C=O) groups is 2. The highest BCUT2D eigenvalue weighted by Gasteiger charge is 2.18. The number of Topliss-reactive ketones (excluding diaryl/α,β-unsaturated/α-hetero) is 1. The Morgan fingerprint density at radius 3 is 2.60 bits per heavy atom. The summed E-state index contributed by atoms with van der Waals surface area (Å²) in [6, 6.07) is 1.72. The lowest BCUT2D eigenvalue weighted by Gasteiger charge is -2.09. The third-order valence-electron chi connectivity index (χ3n) is 3.88. The third-order valence-corrected chi connectivity index (χ3v) is 4.63. The van der Waals surface area contributed by atoms with Crippen LogP contribution in [0.4, 0.5) is 0 Å². The van der Waals surface area contributed by atoms with Gasteiger partial charge in [-0.15, -0.1) is 0 Å². The average Bonchev–Trinajstić information content (AvgIpc) is 2.87. The predicted molar refractivity (Wildman–Crippen MR) is 93.4 cm³/mol. The van der Waals surface area contributed by atoms with Crippen LogP contribution in [0, 0.1) is 13.8 Å². The Kier molecular flexibility index (Phi) is 6.02. The van der Waals surface area contributed by atoms with Crippen molar-refractivity contribution in [3.05, 3.63) is 49.6 Å². The molecule has 2 heterocycles. The number of aryl methyl sites for hydroxylation is 1. The molecule has 25 heavy (non-hydrogen) atoms. The van der Waals surface area contributed by atoms with Crippen LogP contribution in [-0.4, -0.2) is 33.2 Å². The quantitative estimate of drug-likeness (QED) is 0.563. The molecule has 9 heteroatoms. The van der Waals surface area contributed by atoms with Gasteiger partial charge in [0.15, 0.2) is 5.78 Å². The number of methoxy groups -OCH3 is 1. The van der Waals surface area contributed by atoms with Crippen LogP contribution in [0.5, 0.6) is 0 Å². The maximum atomic E-state index is 12.6. The summed E-state index contributed by atoms with van der Waals surface area (Å²) in [6.45, 7) is 3.77. The molecule has 0 saturated heterocycles. The minimum Gasteiger partial charge on any atom is -0.469 e. The van der Waals surface area contributed by atoms with Crippen molar-refractivity contribution in [2.75, 3.05) is 7.11 Å². The van der Waals surface area contributed by atoms with Gasteiger partial charge in [-0.05, 0) is 19.9 Å². The van der Waals surface area contributed by atoms with Crippen LogP contribution in [0.25, 0.3) is 0 Å². The second-order valence-corrected chi connectivity index (χ2v) is 6.24. The van der Waals surface area contributed by atoms with Crippen LogP contribution in [0.3, 0.4) is 0 Å². The SMILES string of the molecule is COC(=O)CCn1c(C)cc(C(=O)Cn2ncc(Cl)c(Cl)c2=O)c1C. The number of rotatable bonds is 6. The number of ether oxygens (including phenoxy) is 1. The van der Waals surface area contributed by atoms with Gasteiger partial charge in [0.05, 0.1) is 24.8 Å². The summed E-state index contributed by atoms with van der Waals surface area (Å²) in [4.78, 5) is 35.9. The zero-order chi connectivity index (χ0) is 18.7. The number of carbonyl (C=O) groups excluding carboxylic acids is 2. The van der Waals surface area contributed by atoms with Gasteiger partial charge in [-0.3, -0.25) is 14.4 Å². The van der Waals surface area contributed by atoms with E-state index in [9.17, 15) is 14.4 Å². The Morgan fingerprint density at radius 1 is 1.28 bits per heavy atom. The molecule has 0 aromatic carbocycles. The van der Waals surface area contributed by atoms with Crippen molar-refractivity contribution in [2.24, 2.45) is 0 Å². The summed E-state index contributed by atoms with van der Waals surface area (Å²) < 4.78 is 7.46. The standard InChI is InChI=1S/C16H17Cl2N3O4/c1-9-6-11(10(2)20(9)5-4-14(23)25-3)13(22)8-21-16(24)15(18)12(17)7-19-21/h6-7H,4-5,8H2,1-3H3. The molecule has 7 nitrogen and oxygen atoms in total. The lowest BCUT2D eigenvalue weighted by molar-refractivity contribution is -0.140. The Bertz CT molecular complexity index is 886. The van der Waals surface area contributed by atoms with Crippen molar-refractivity contribution >= 4 is 35.0 Å². The number of aromatic nitrogens is 3. The molecule has 134 valence electrons. The average molecular weight is 386 g/mol. The van der Waals surface area contributed by atoms with Crippen molar-refractivity contribution in [3.63, 3.8) is 0 Å². The Balaban J connectivity index is 2.24. The second-order valence-electron chi connectivity index (χ2n) is 5.46. The van der Waals surface area contributed by atoms with Crippen LogP contribution in [0.2, 0.25) is 10.0 Å². The monoisotopic (exact) mass is 385 g/mol. The smallest absolute Gasteiger partial charge is 0.307 e. The molecule has 0 spiro atoms. The van der Waals surface area contributed by atoms with Crippen LogP contribution >= 0.6 is 23.2 Å². The van der Waals surface area contributed by atoms with Gasteiger partial charge in [-0.2, -0.15) is 5.10 Å². The van der Waals surface area contributed by atoms with E-state index >= 15 is 0 Å². The van der Waals surface area contributed by atoms with Crippen LogP contribution < -0.4 is 5.56 Å². The van der Waals surface area contributed by atoms with Gasteiger partial charge in [0.1, 0.15) is 11.6 Å². The van der Waals surface area contributed by atoms with E-state index in [1.165, 1.54) is 13.3 Å². The van der Waals surface area contributed by atoms with E-state index in [0.29, 0.717) is 17.8 Å². The highest BCUT2D eigenvalue weighted by Crippen LogP contribution is 2.18. The van der Waals surface area contributed by atoms with E-state index in [1.54, 1.807) is 13.0 Å². The molecule has 2 aromatic heterocycles. The number of hydrogen-bond donors (Lipinski definition) is 0. The first-order valence-corrected chi connectivity index (χ1v) is 8.19. The summed E-state index contributed by atoms with van der Waals surface area (Å²) in [5.74, 6) is -0.614. The van der Waals surface area contributed by atoms with Crippen LogP contribution in [-0.2, 0) is 22.6 Å². The van der Waals surface area contributed by atoms with Gasteiger partial charge in [0.25, 0.3) is 5.56 Å². The normalized spacial score (nSPS) is 10.8. The van der Waals surface area contributed by atoms with Crippen LogP contribution in [0.15, 0.2) is 17.1 Å². The van der Waals surface area contributed by atoms with Gasteiger partial charge >= 0.3 is 5.97 Å². The fourth-order valence-electron chi connectivity index (χ4n) is 2.51. The van der Waals surface area contributed by atoms with Crippen molar-refractivity contribution in [1.29, 1.82) is 0 Å². The number of halogens is 2. The first-order valence-electron chi connectivity index (χ1n) is 7.44. The van der Waals surface area contributed by atoms with E-state index in [-0.39, 0.29) is 34.8 Å². The summed E-state index contributed by atoms with van der Waals surface area (Å²) in [5, 5.41) is 3.70. The number of hydrogen-bond acceptors (Lipinski definition) is 5. The Morgan fingerprint density at radius 2 is 1.96 bits per heavy atom. The van der Waals surface area contributed by atoms with Gasteiger partial charge in [0.2, 0.25) is 0 Å². The number of nitrogens with zero attached hydrogens (tertiary/aromatic N) is 3. The zero-order valence-corrected chi connectivity index (χ0v) is 15.5. The molecule has 0 atom stereocenters. The van der Waals surface area contributed by atoms with Crippen molar-refractivity contribution in [2.45, 2.75) is 33.4 Å². The zero-order valence-electron chi connectivity index (χ0n) is 14.0. The molecule has 0 amide bonds. The molecular formula is C16H17Cl2N3O4. The molecule has 0 aliphatic carbocycles. The van der Waals surface area contributed by atoms with E-state index < -0.39 is 5.56 Å². The lowest BCUT2D eigenvalue weighted by atomic mass is 10.1. The van der Waals surface area contributed by atoms with Gasteiger partial charge in [0, 0.05) is 23.5 Å². The van der Waals surface area contributed by atoms with E-state index in [2.05, 4.69) is 9.84 Å². The Labute approximate surface area is 154 Å². The fraction of sp³-hybridized carbons (Fsp3) is 0.375. The molecule has 0 saturated carbocycles. The molecular weight excluding hydrogens is 369 g/mol. The topological polar surface area (TPSA) is 83.2 Å². The van der Waals surface area contributed by atoms with E-state index in [1.807, 2.05) is 11.5 Å². The highest BCUT2D eigenvalue weighted by atomic mass is 35.5. The molecule has 0 unspecified atom stereocenters. The molecule has 0 radical (unpaired) electrons. The number of esters is 1. The highest BCUT2D eigenvalue weighted by molar-refractivity contribution is 6.41.